The number of urea groups is 1. The van der Waals surface area contributed by atoms with Gasteiger partial charge in [0.1, 0.15) is 17.1 Å². The molecule has 0 bridgehead atoms. The third-order valence-electron chi connectivity index (χ3n) is 7.21. The molecule has 2 aromatic rings. The number of anilines is 2. The fourth-order valence-electron chi connectivity index (χ4n) is 5.75. The van der Waals surface area contributed by atoms with Crippen molar-refractivity contribution in [3.05, 3.63) is 52.6 Å². The summed E-state index contributed by atoms with van der Waals surface area (Å²) >= 11 is 0. The molecule has 0 spiro atoms. The van der Waals surface area contributed by atoms with E-state index in [1.165, 1.54) is 25.5 Å². The predicted octanol–water partition coefficient (Wildman–Crippen LogP) is 5.18. The van der Waals surface area contributed by atoms with Gasteiger partial charge in [0.05, 0.1) is 19.9 Å². The van der Waals surface area contributed by atoms with Crippen molar-refractivity contribution in [3.8, 4) is 11.5 Å². The van der Waals surface area contributed by atoms with Crippen LogP contribution in [0.15, 0.2) is 35.9 Å². The van der Waals surface area contributed by atoms with Crippen molar-refractivity contribution in [3.63, 3.8) is 0 Å². The number of imide groups is 2. The fourth-order valence-corrected chi connectivity index (χ4v) is 5.75. The number of ether oxygens (including phenoxy) is 2. The van der Waals surface area contributed by atoms with Gasteiger partial charge in [-0.2, -0.15) is 0 Å². The Hall–Kier alpha value is -3.81. The maximum atomic E-state index is 13.5. The maximum Gasteiger partial charge on any atom is 0.336 e. The van der Waals surface area contributed by atoms with Gasteiger partial charge in [0, 0.05) is 23.3 Å². The fraction of sp³-hybridized carbons (Fsp3) is 0.414. The molecular weight excluding hydrogens is 470 g/mol. The minimum absolute atomic E-state index is 0.00447. The van der Waals surface area contributed by atoms with E-state index >= 15 is 0 Å². The van der Waals surface area contributed by atoms with E-state index in [4.69, 9.17) is 9.47 Å². The van der Waals surface area contributed by atoms with Crippen LogP contribution in [0, 0.1) is 6.92 Å². The van der Waals surface area contributed by atoms with Gasteiger partial charge in [-0.25, -0.2) is 9.69 Å². The Morgan fingerprint density at radius 3 is 2.38 bits per heavy atom. The topological polar surface area (TPSA) is 88.2 Å². The van der Waals surface area contributed by atoms with E-state index in [0.29, 0.717) is 17.7 Å². The summed E-state index contributed by atoms with van der Waals surface area (Å²) in [7, 11) is 2.95. The van der Waals surface area contributed by atoms with Crippen molar-refractivity contribution in [2.24, 2.45) is 0 Å². The smallest absolute Gasteiger partial charge is 0.336 e. The number of carbonyl (C=O) groups is 3. The van der Waals surface area contributed by atoms with Crippen molar-refractivity contribution in [1.29, 1.82) is 0 Å². The largest absolute Gasteiger partial charge is 0.497 e. The Labute approximate surface area is 218 Å². The summed E-state index contributed by atoms with van der Waals surface area (Å²) in [6.45, 7) is 13.1. The van der Waals surface area contributed by atoms with Crippen molar-refractivity contribution in [2.45, 2.75) is 65.5 Å². The standard InChI is InChI=1S/C29H35N3O5/c1-16(2)32-24-11-17(3)19(12-21(24)18(4)15-29(32,5)6)13-22-26(33)30-28(35)31(27(22)34)23-10-9-20(36-7)14-25(23)37-8/h9-14,16,18H,15H2,1-8H3,(H,30,33,35)/b22-13+/t18-/m1/s1. The van der Waals surface area contributed by atoms with Crippen LogP contribution in [0.5, 0.6) is 11.5 Å². The molecule has 2 aromatic carbocycles. The average Bonchev–Trinajstić information content (AvgIpc) is 2.81. The molecule has 1 N–H and O–H groups in total. The molecule has 37 heavy (non-hydrogen) atoms. The normalized spacial score (nSPS) is 20.3. The van der Waals surface area contributed by atoms with Crippen LogP contribution in [-0.2, 0) is 9.59 Å². The number of methoxy groups -OCH3 is 2. The highest BCUT2D eigenvalue weighted by molar-refractivity contribution is 6.39. The molecule has 0 unspecified atom stereocenters. The van der Waals surface area contributed by atoms with Crippen LogP contribution in [0.1, 0.15) is 63.6 Å². The first-order valence-corrected chi connectivity index (χ1v) is 12.5. The molecule has 196 valence electrons. The molecule has 0 aromatic heterocycles. The molecule has 2 heterocycles. The summed E-state index contributed by atoms with van der Waals surface area (Å²) in [5.74, 6) is -0.363. The SMILES string of the molecule is COc1ccc(N2C(=O)NC(=O)/C(=C\c3cc4c(cc3C)N(C(C)C)C(C)(C)C[C@H]4C)C2=O)c(OC)c1. The molecule has 0 aliphatic carbocycles. The first-order chi connectivity index (χ1) is 17.4. The number of hydrogen-bond donors (Lipinski definition) is 1. The van der Waals surface area contributed by atoms with E-state index in [1.807, 2.05) is 6.92 Å². The Kier molecular flexibility index (Phi) is 6.79. The van der Waals surface area contributed by atoms with Gasteiger partial charge < -0.3 is 14.4 Å². The van der Waals surface area contributed by atoms with Crippen molar-refractivity contribution in [1.82, 2.24) is 5.32 Å². The third-order valence-corrected chi connectivity index (χ3v) is 7.21. The average molecular weight is 506 g/mol. The number of carbonyl (C=O) groups excluding carboxylic acids is 3. The quantitative estimate of drug-likeness (QED) is 0.445. The molecule has 4 rings (SSSR count). The third kappa shape index (κ3) is 4.56. The Morgan fingerprint density at radius 2 is 1.76 bits per heavy atom. The second-order valence-corrected chi connectivity index (χ2v) is 10.6. The van der Waals surface area contributed by atoms with Crippen molar-refractivity contribution >= 4 is 35.3 Å². The van der Waals surface area contributed by atoms with Gasteiger partial charge in [-0.1, -0.05) is 6.92 Å². The molecule has 1 saturated heterocycles. The first kappa shape index (κ1) is 26.3. The second kappa shape index (κ2) is 9.57. The number of nitrogens with zero attached hydrogens (tertiary/aromatic N) is 2. The molecule has 1 fully saturated rings. The van der Waals surface area contributed by atoms with E-state index in [2.05, 4.69) is 57.0 Å². The molecular formula is C29H35N3O5. The monoisotopic (exact) mass is 505 g/mol. The zero-order valence-corrected chi connectivity index (χ0v) is 22.8. The van der Waals surface area contributed by atoms with Crippen molar-refractivity contribution < 1.29 is 23.9 Å². The van der Waals surface area contributed by atoms with E-state index < -0.39 is 17.8 Å². The first-order valence-electron chi connectivity index (χ1n) is 12.5. The summed E-state index contributed by atoms with van der Waals surface area (Å²) < 4.78 is 10.6. The molecule has 0 radical (unpaired) electrons. The summed E-state index contributed by atoms with van der Waals surface area (Å²) in [6.07, 6.45) is 2.56. The van der Waals surface area contributed by atoms with E-state index in [1.54, 1.807) is 24.3 Å². The van der Waals surface area contributed by atoms with Crippen LogP contribution in [0.2, 0.25) is 0 Å². The van der Waals surface area contributed by atoms with Crippen molar-refractivity contribution in [2.75, 3.05) is 24.0 Å². The van der Waals surface area contributed by atoms with Gasteiger partial charge >= 0.3 is 6.03 Å². The number of barbiturate groups is 1. The Balaban J connectivity index is 1.80. The number of hydrogen-bond acceptors (Lipinski definition) is 6. The van der Waals surface area contributed by atoms with Crippen LogP contribution in [0.4, 0.5) is 16.2 Å². The number of aryl methyl sites for hydroxylation is 1. The number of rotatable bonds is 5. The highest BCUT2D eigenvalue weighted by Crippen LogP contribution is 2.45. The lowest BCUT2D eigenvalue weighted by molar-refractivity contribution is -0.122. The molecule has 0 saturated carbocycles. The molecule has 1 atom stereocenters. The van der Waals surface area contributed by atoms with Crippen LogP contribution in [-0.4, -0.2) is 43.6 Å². The summed E-state index contributed by atoms with van der Waals surface area (Å²) in [5.41, 5.74) is 4.16. The lowest BCUT2D eigenvalue weighted by Gasteiger charge is -2.50. The van der Waals surface area contributed by atoms with E-state index in [9.17, 15) is 14.4 Å². The van der Waals surface area contributed by atoms with Gasteiger partial charge in [-0.05, 0) is 94.0 Å². The van der Waals surface area contributed by atoms with Crippen LogP contribution in [0.3, 0.4) is 0 Å². The number of amides is 4. The lowest BCUT2D eigenvalue weighted by atomic mass is 9.78. The number of nitrogens with one attached hydrogen (secondary N) is 1. The highest BCUT2D eigenvalue weighted by atomic mass is 16.5. The van der Waals surface area contributed by atoms with Crippen LogP contribution >= 0.6 is 0 Å². The molecule has 2 aliphatic rings. The minimum atomic E-state index is -0.832. The Bertz CT molecular complexity index is 1310. The zero-order valence-electron chi connectivity index (χ0n) is 22.8. The van der Waals surface area contributed by atoms with Crippen LogP contribution < -0.4 is 24.6 Å². The number of fused-ring (bicyclic) bond motifs is 1. The van der Waals surface area contributed by atoms with Gasteiger partial charge in [0.15, 0.2) is 0 Å². The number of benzene rings is 2. The summed E-state index contributed by atoms with van der Waals surface area (Å²) in [4.78, 5) is 42.5. The lowest BCUT2D eigenvalue weighted by Crippen LogP contribution is -2.54. The molecule has 8 heteroatoms. The summed E-state index contributed by atoms with van der Waals surface area (Å²) in [5, 5.41) is 2.30. The second-order valence-electron chi connectivity index (χ2n) is 10.6. The maximum absolute atomic E-state index is 13.5. The molecule has 4 amide bonds. The molecule has 8 nitrogen and oxygen atoms in total. The molecule has 2 aliphatic heterocycles. The van der Waals surface area contributed by atoms with Gasteiger partial charge in [0.2, 0.25) is 0 Å². The summed E-state index contributed by atoms with van der Waals surface area (Å²) in [6, 6.07) is 8.44. The Morgan fingerprint density at radius 1 is 1.05 bits per heavy atom. The predicted molar refractivity (Wildman–Crippen MR) is 144 cm³/mol. The van der Waals surface area contributed by atoms with E-state index in [-0.39, 0.29) is 22.5 Å². The van der Waals surface area contributed by atoms with Gasteiger partial charge in [-0.3, -0.25) is 14.9 Å². The minimum Gasteiger partial charge on any atom is -0.497 e. The van der Waals surface area contributed by atoms with Gasteiger partial charge in [-0.15, -0.1) is 0 Å². The zero-order chi connectivity index (χ0) is 27.2. The van der Waals surface area contributed by atoms with Crippen LogP contribution in [0.25, 0.3) is 6.08 Å². The highest BCUT2D eigenvalue weighted by Gasteiger charge is 2.40. The van der Waals surface area contributed by atoms with E-state index in [0.717, 1.165) is 22.4 Å². The van der Waals surface area contributed by atoms with Gasteiger partial charge in [0.25, 0.3) is 11.8 Å².